The Balaban J connectivity index is 1.42. The molecule has 3 N–H and O–H groups in total. The SMILES string of the molecule is CC(C)(C)C[C@]1(c2ccc(-c3cnn(C(F)F)c3)cc2)N=C(N)N([C@H](COC(=O)NC2(C(F)(F)F)CC2)c2cc(F)c(Cl)c(-n3ncnc3C(F)F)c2)C1=O. The van der Waals surface area contributed by atoms with Crippen molar-refractivity contribution in [2.24, 2.45) is 16.1 Å². The lowest BCUT2D eigenvalue weighted by Crippen LogP contribution is -2.50. The van der Waals surface area contributed by atoms with Gasteiger partial charge in [0.2, 0.25) is 0 Å². The van der Waals surface area contributed by atoms with E-state index in [0.29, 0.717) is 20.5 Å². The molecule has 0 spiro atoms. The Morgan fingerprint density at radius 2 is 1.73 bits per heavy atom. The number of amides is 2. The topological polar surface area (TPSA) is 146 Å². The van der Waals surface area contributed by atoms with Crippen LogP contribution in [0.3, 0.4) is 0 Å². The van der Waals surface area contributed by atoms with Gasteiger partial charge >= 0.3 is 18.8 Å². The molecule has 6 rings (SSSR count). The Kier molecular flexibility index (Phi) is 10.1. The lowest BCUT2D eigenvalue weighted by Gasteiger charge is -2.35. The number of aromatic nitrogens is 5. The Bertz CT molecular complexity index is 2130. The van der Waals surface area contributed by atoms with E-state index in [2.05, 4.69) is 20.2 Å². The Morgan fingerprint density at radius 1 is 1.05 bits per heavy atom. The molecule has 2 atom stereocenters. The van der Waals surface area contributed by atoms with Crippen molar-refractivity contribution in [2.45, 2.75) is 76.3 Å². The van der Waals surface area contributed by atoms with Gasteiger partial charge in [0.1, 0.15) is 29.3 Å². The lowest BCUT2D eigenvalue weighted by molar-refractivity contribution is -0.164. The van der Waals surface area contributed by atoms with Crippen LogP contribution in [0.1, 0.15) is 76.0 Å². The molecule has 55 heavy (non-hydrogen) atoms. The fourth-order valence-corrected chi connectivity index (χ4v) is 6.63. The summed E-state index contributed by atoms with van der Waals surface area (Å²) >= 11 is 6.19. The molecule has 4 aromatic rings. The zero-order valence-corrected chi connectivity index (χ0v) is 29.8. The maximum Gasteiger partial charge on any atom is 0.411 e. The number of alkyl carbamates (subject to hydrolysis) is 1. The van der Waals surface area contributed by atoms with Gasteiger partial charge in [-0.2, -0.15) is 32.1 Å². The number of ether oxygens (including phenoxy) is 1. The van der Waals surface area contributed by atoms with Gasteiger partial charge in [0, 0.05) is 11.8 Å². The van der Waals surface area contributed by atoms with Crippen LogP contribution in [0.25, 0.3) is 16.8 Å². The van der Waals surface area contributed by atoms with Crippen LogP contribution in [0.5, 0.6) is 0 Å². The number of nitrogens with two attached hydrogens (primary N) is 1. The molecular formula is C34H32ClF8N9O3. The van der Waals surface area contributed by atoms with Crippen LogP contribution >= 0.6 is 11.6 Å². The molecule has 12 nitrogen and oxygen atoms in total. The van der Waals surface area contributed by atoms with E-state index in [9.17, 15) is 40.3 Å². The average Bonchev–Trinajstić information content (AvgIpc) is 3.40. The predicted molar refractivity (Wildman–Crippen MR) is 180 cm³/mol. The number of alkyl halides is 7. The van der Waals surface area contributed by atoms with Crippen LogP contribution < -0.4 is 11.1 Å². The standard InChI is InChI=1S/C34H32ClF8N9O3/c1-31(2,3)15-33(20-6-4-17(5-7-20)19-12-46-50(13-19)28(39)40)27(53)51(29(44)48-33)23(14-55-30(54)49-32(8-9-32)34(41,42)43)18-10-21(36)24(35)22(11-18)52-26(25(37)38)45-16-47-52/h4-7,10-13,16,23,25,28H,8-9,14-15H2,1-3H3,(H2,44,48)(H,49,54)/t23-,33-/m1/s1. The van der Waals surface area contributed by atoms with Crippen LogP contribution in [-0.2, 0) is 15.1 Å². The Morgan fingerprint density at radius 3 is 2.29 bits per heavy atom. The molecule has 2 aliphatic rings. The fraction of sp³-hybridized carbons (Fsp3) is 0.412. The Labute approximate surface area is 312 Å². The van der Waals surface area contributed by atoms with E-state index in [0.717, 1.165) is 29.6 Å². The first-order chi connectivity index (χ1) is 25.7. The van der Waals surface area contributed by atoms with E-state index in [1.807, 2.05) is 20.8 Å². The van der Waals surface area contributed by atoms with Gasteiger partial charge in [0.25, 0.3) is 12.3 Å². The first-order valence-electron chi connectivity index (χ1n) is 16.5. The number of rotatable bonds is 11. The number of nitrogens with one attached hydrogen (secondary N) is 1. The molecule has 0 radical (unpaired) electrons. The van der Waals surface area contributed by atoms with Gasteiger partial charge in [0.05, 0.1) is 17.9 Å². The van der Waals surface area contributed by atoms with Crippen molar-refractivity contribution < 1.29 is 49.4 Å². The molecule has 2 amide bonds. The zero-order chi connectivity index (χ0) is 40.2. The van der Waals surface area contributed by atoms with Gasteiger partial charge in [-0.3, -0.25) is 9.69 Å². The average molecular weight is 802 g/mol. The molecule has 0 bridgehead atoms. The van der Waals surface area contributed by atoms with Crippen LogP contribution in [0, 0.1) is 11.2 Å². The third-order valence-corrected chi connectivity index (χ3v) is 9.51. The van der Waals surface area contributed by atoms with Crippen LogP contribution in [0.2, 0.25) is 5.02 Å². The summed E-state index contributed by atoms with van der Waals surface area (Å²) in [5, 5.41) is 8.49. The van der Waals surface area contributed by atoms with Crippen molar-refractivity contribution in [3.8, 4) is 16.8 Å². The van der Waals surface area contributed by atoms with Gasteiger partial charge in [-0.25, -0.2) is 37.3 Å². The number of halogens is 9. The highest BCUT2D eigenvalue weighted by Crippen LogP contribution is 2.49. The monoisotopic (exact) mass is 801 g/mol. The summed E-state index contributed by atoms with van der Waals surface area (Å²) in [4.78, 5) is 36.7. The highest BCUT2D eigenvalue weighted by molar-refractivity contribution is 6.32. The van der Waals surface area contributed by atoms with Crippen molar-refractivity contribution in [1.82, 2.24) is 34.8 Å². The van der Waals surface area contributed by atoms with E-state index in [4.69, 9.17) is 22.1 Å². The summed E-state index contributed by atoms with van der Waals surface area (Å²) < 4.78 is 117. The first-order valence-corrected chi connectivity index (χ1v) is 16.9. The molecule has 1 fully saturated rings. The second kappa shape index (κ2) is 14.1. The van der Waals surface area contributed by atoms with Crippen molar-refractivity contribution in [3.63, 3.8) is 0 Å². The van der Waals surface area contributed by atoms with Crippen molar-refractivity contribution in [1.29, 1.82) is 0 Å². The molecule has 0 saturated heterocycles. The number of nitrogens with zero attached hydrogens (tertiary/aromatic N) is 7. The number of hydrogen-bond acceptors (Lipinski definition) is 8. The highest BCUT2D eigenvalue weighted by Gasteiger charge is 2.64. The molecule has 21 heteroatoms. The summed E-state index contributed by atoms with van der Waals surface area (Å²) in [5.74, 6) is -3.40. The third-order valence-electron chi connectivity index (χ3n) is 9.14. The fourth-order valence-electron chi connectivity index (χ4n) is 6.44. The number of guanidine groups is 1. The van der Waals surface area contributed by atoms with Crippen LogP contribution in [-0.4, -0.2) is 65.7 Å². The Hall–Kier alpha value is -5.27. The van der Waals surface area contributed by atoms with E-state index < -0.39 is 101 Å². The van der Waals surface area contributed by atoms with Gasteiger partial charge < -0.3 is 15.8 Å². The van der Waals surface area contributed by atoms with E-state index in [1.54, 1.807) is 17.4 Å². The molecular weight excluding hydrogens is 770 g/mol. The van der Waals surface area contributed by atoms with E-state index in [-0.39, 0.29) is 17.5 Å². The molecule has 2 aromatic carbocycles. The summed E-state index contributed by atoms with van der Waals surface area (Å²) in [5.41, 5.74) is 1.87. The summed E-state index contributed by atoms with van der Waals surface area (Å²) in [6, 6.07) is 6.40. The van der Waals surface area contributed by atoms with Gasteiger partial charge in [-0.05, 0) is 53.5 Å². The number of carbonyl (C=O) groups excluding carboxylic acids is 2. The minimum Gasteiger partial charge on any atom is -0.447 e. The predicted octanol–water partition coefficient (Wildman–Crippen LogP) is 7.61. The van der Waals surface area contributed by atoms with Crippen LogP contribution in [0.4, 0.5) is 39.9 Å². The highest BCUT2D eigenvalue weighted by atomic mass is 35.5. The van der Waals surface area contributed by atoms with E-state index in [1.165, 1.54) is 18.3 Å². The maximum absolute atomic E-state index is 15.6. The van der Waals surface area contributed by atoms with Gasteiger partial charge in [0.15, 0.2) is 17.3 Å². The smallest absolute Gasteiger partial charge is 0.411 e. The number of hydrogen-bond donors (Lipinski definition) is 2. The van der Waals surface area contributed by atoms with Crippen molar-refractivity contribution in [2.75, 3.05) is 6.61 Å². The molecule has 1 saturated carbocycles. The second-order valence-corrected chi connectivity index (χ2v) is 14.7. The largest absolute Gasteiger partial charge is 0.447 e. The first kappa shape index (κ1) is 39.4. The number of aliphatic imine (C=N–C) groups is 1. The number of carbonyl (C=O) groups is 2. The molecule has 1 aliphatic heterocycles. The normalized spacial score (nSPS) is 18.9. The van der Waals surface area contributed by atoms with Gasteiger partial charge in [-0.1, -0.05) is 56.6 Å². The van der Waals surface area contributed by atoms with E-state index >= 15 is 4.39 Å². The minimum absolute atomic E-state index is 0.00219. The summed E-state index contributed by atoms with van der Waals surface area (Å²) in [6.45, 7) is 1.62. The van der Waals surface area contributed by atoms with Crippen LogP contribution in [0.15, 0.2) is 60.1 Å². The van der Waals surface area contributed by atoms with Crippen molar-refractivity contribution >= 4 is 29.6 Å². The second-order valence-electron chi connectivity index (χ2n) is 14.3. The molecule has 0 unspecified atom stereocenters. The van der Waals surface area contributed by atoms with Gasteiger partial charge in [-0.15, -0.1) is 0 Å². The summed E-state index contributed by atoms with van der Waals surface area (Å²) in [7, 11) is 0. The quantitative estimate of drug-likeness (QED) is 0.149. The van der Waals surface area contributed by atoms with Crippen molar-refractivity contribution in [3.05, 3.63) is 82.9 Å². The molecule has 2 aromatic heterocycles. The number of benzene rings is 2. The third kappa shape index (κ3) is 7.55. The summed E-state index contributed by atoms with van der Waals surface area (Å²) in [6.07, 6.45) is -7.18. The minimum atomic E-state index is -4.80. The molecule has 1 aliphatic carbocycles. The lowest BCUT2D eigenvalue weighted by atomic mass is 9.75. The molecule has 294 valence electrons. The zero-order valence-electron chi connectivity index (χ0n) is 29.1. The maximum atomic E-state index is 15.6. The molecule has 3 heterocycles.